The first kappa shape index (κ1) is 12.1. The second kappa shape index (κ2) is 5.84. The van der Waals surface area contributed by atoms with Gasteiger partial charge in [-0.2, -0.15) is 11.3 Å². The number of thiophene rings is 2. The standard InChI is InChI=1S/C12H13NO2S2/c1-15-12(14)13-6-4-10-2-3-11(17-10)9-5-7-16-8-9/h2-3,5,7-8H,4,6H2,1H3,(H,13,14). The van der Waals surface area contributed by atoms with Crippen LogP contribution >= 0.6 is 22.7 Å². The van der Waals surface area contributed by atoms with E-state index in [1.807, 2.05) is 0 Å². The van der Waals surface area contributed by atoms with Crippen molar-refractivity contribution in [3.8, 4) is 10.4 Å². The first-order valence-electron chi connectivity index (χ1n) is 5.22. The smallest absolute Gasteiger partial charge is 0.406 e. The lowest BCUT2D eigenvalue weighted by atomic mass is 10.3. The van der Waals surface area contributed by atoms with Crippen molar-refractivity contribution in [3.63, 3.8) is 0 Å². The van der Waals surface area contributed by atoms with Gasteiger partial charge >= 0.3 is 6.09 Å². The Hall–Kier alpha value is -1.33. The Labute approximate surface area is 108 Å². The molecule has 0 radical (unpaired) electrons. The van der Waals surface area contributed by atoms with E-state index in [0.717, 1.165) is 6.42 Å². The van der Waals surface area contributed by atoms with Gasteiger partial charge in [0.25, 0.3) is 0 Å². The van der Waals surface area contributed by atoms with E-state index in [0.29, 0.717) is 6.54 Å². The minimum absolute atomic E-state index is 0.375. The Balaban J connectivity index is 1.89. The van der Waals surface area contributed by atoms with Gasteiger partial charge in [0.2, 0.25) is 0 Å². The summed E-state index contributed by atoms with van der Waals surface area (Å²) in [6.45, 7) is 0.607. The van der Waals surface area contributed by atoms with E-state index in [9.17, 15) is 4.79 Å². The van der Waals surface area contributed by atoms with Crippen molar-refractivity contribution in [2.45, 2.75) is 6.42 Å². The minimum Gasteiger partial charge on any atom is -0.453 e. The van der Waals surface area contributed by atoms with Gasteiger partial charge in [-0.15, -0.1) is 11.3 Å². The number of methoxy groups -OCH3 is 1. The second-order valence-electron chi connectivity index (χ2n) is 3.45. The molecule has 0 saturated carbocycles. The molecule has 0 fully saturated rings. The van der Waals surface area contributed by atoms with E-state index in [2.05, 4.69) is 39.0 Å². The zero-order chi connectivity index (χ0) is 12.1. The number of hydrogen-bond acceptors (Lipinski definition) is 4. The average Bonchev–Trinajstić information content (AvgIpc) is 2.98. The monoisotopic (exact) mass is 267 g/mol. The Morgan fingerprint density at radius 2 is 2.29 bits per heavy atom. The third-order valence-corrected chi connectivity index (χ3v) is 4.17. The summed E-state index contributed by atoms with van der Waals surface area (Å²) in [6.07, 6.45) is 0.462. The summed E-state index contributed by atoms with van der Waals surface area (Å²) in [7, 11) is 1.37. The molecule has 2 aromatic heterocycles. The van der Waals surface area contributed by atoms with Gasteiger partial charge in [0.05, 0.1) is 7.11 Å². The number of amides is 1. The molecule has 0 aromatic carbocycles. The van der Waals surface area contributed by atoms with Crippen molar-refractivity contribution in [2.75, 3.05) is 13.7 Å². The van der Waals surface area contributed by atoms with Gasteiger partial charge in [-0.05, 0) is 35.4 Å². The molecular formula is C12H13NO2S2. The molecule has 2 aromatic rings. The predicted octanol–water partition coefficient (Wildman–Crippen LogP) is 3.38. The fraction of sp³-hybridized carbons (Fsp3) is 0.250. The van der Waals surface area contributed by atoms with E-state index < -0.39 is 0 Å². The van der Waals surface area contributed by atoms with Crippen LogP contribution in [0.3, 0.4) is 0 Å². The van der Waals surface area contributed by atoms with Crippen LogP contribution in [0, 0.1) is 0 Å². The summed E-state index contributed by atoms with van der Waals surface area (Å²) in [5, 5.41) is 6.89. The molecule has 90 valence electrons. The van der Waals surface area contributed by atoms with Crippen LogP contribution in [0.1, 0.15) is 4.88 Å². The van der Waals surface area contributed by atoms with E-state index >= 15 is 0 Å². The molecule has 2 rings (SSSR count). The van der Waals surface area contributed by atoms with Crippen molar-refractivity contribution in [1.82, 2.24) is 5.32 Å². The van der Waals surface area contributed by atoms with Crippen LogP contribution in [-0.4, -0.2) is 19.7 Å². The molecule has 0 bridgehead atoms. The van der Waals surface area contributed by atoms with Crippen molar-refractivity contribution < 1.29 is 9.53 Å². The third-order valence-electron chi connectivity index (χ3n) is 2.29. The first-order chi connectivity index (χ1) is 8.29. The maximum absolute atomic E-state index is 10.9. The third kappa shape index (κ3) is 3.31. The van der Waals surface area contributed by atoms with Crippen LogP contribution in [0.25, 0.3) is 10.4 Å². The molecule has 0 aliphatic heterocycles. The molecule has 2 heterocycles. The van der Waals surface area contributed by atoms with Crippen LogP contribution in [-0.2, 0) is 11.2 Å². The highest BCUT2D eigenvalue weighted by Crippen LogP contribution is 2.29. The number of nitrogens with one attached hydrogen (secondary N) is 1. The Morgan fingerprint density at radius 1 is 1.41 bits per heavy atom. The highest BCUT2D eigenvalue weighted by molar-refractivity contribution is 7.16. The van der Waals surface area contributed by atoms with E-state index in [-0.39, 0.29) is 6.09 Å². The zero-order valence-corrected chi connectivity index (χ0v) is 11.1. The molecule has 0 saturated heterocycles. The van der Waals surface area contributed by atoms with Crippen LogP contribution in [0.4, 0.5) is 4.79 Å². The quantitative estimate of drug-likeness (QED) is 0.922. The Morgan fingerprint density at radius 3 is 3.00 bits per heavy atom. The zero-order valence-electron chi connectivity index (χ0n) is 9.43. The van der Waals surface area contributed by atoms with Crippen molar-refractivity contribution in [1.29, 1.82) is 0 Å². The lowest BCUT2D eigenvalue weighted by molar-refractivity contribution is 0.171. The molecule has 1 amide bonds. The molecule has 3 nitrogen and oxygen atoms in total. The lowest BCUT2D eigenvalue weighted by Crippen LogP contribution is -2.24. The lowest BCUT2D eigenvalue weighted by Gasteiger charge is -2.01. The van der Waals surface area contributed by atoms with Crippen molar-refractivity contribution >= 4 is 28.8 Å². The molecule has 0 unspecified atom stereocenters. The molecule has 5 heteroatoms. The molecule has 0 aliphatic carbocycles. The van der Waals surface area contributed by atoms with Crippen LogP contribution < -0.4 is 5.32 Å². The maximum Gasteiger partial charge on any atom is 0.406 e. The topological polar surface area (TPSA) is 38.3 Å². The summed E-state index contributed by atoms with van der Waals surface area (Å²) in [5.41, 5.74) is 1.27. The van der Waals surface area contributed by atoms with Crippen LogP contribution in [0.15, 0.2) is 29.0 Å². The Kier molecular flexibility index (Phi) is 4.17. The van der Waals surface area contributed by atoms with Gasteiger partial charge in [-0.1, -0.05) is 0 Å². The van der Waals surface area contributed by atoms with Crippen molar-refractivity contribution in [3.05, 3.63) is 33.8 Å². The summed E-state index contributed by atoms with van der Waals surface area (Å²) in [6, 6.07) is 6.35. The summed E-state index contributed by atoms with van der Waals surface area (Å²) in [5.74, 6) is 0. The molecule has 0 aliphatic rings. The second-order valence-corrected chi connectivity index (χ2v) is 5.39. The van der Waals surface area contributed by atoms with Crippen LogP contribution in [0.2, 0.25) is 0 Å². The number of carbonyl (C=O) groups excluding carboxylic acids is 1. The predicted molar refractivity (Wildman–Crippen MR) is 71.7 cm³/mol. The summed E-state index contributed by atoms with van der Waals surface area (Å²) in [4.78, 5) is 13.4. The number of rotatable bonds is 4. The number of ether oxygens (including phenoxy) is 1. The number of hydrogen-bond donors (Lipinski definition) is 1. The largest absolute Gasteiger partial charge is 0.453 e. The fourth-order valence-corrected chi connectivity index (χ4v) is 3.17. The molecule has 1 N–H and O–H groups in total. The Bertz CT molecular complexity index is 476. The van der Waals surface area contributed by atoms with E-state index in [4.69, 9.17) is 0 Å². The summed E-state index contributed by atoms with van der Waals surface area (Å²) >= 11 is 3.47. The van der Waals surface area contributed by atoms with Gasteiger partial charge in [0.1, 0.15) is 0 Å². The van der Waals surface area contributed by atoms with Crippen molar-refractivity contribution in [2.24, 2.45) is 0 Å². The van der Waals surface area contributed by atoms with Gasteiger partial charge in [0, 0.05) is 21.9 Å². The number of alkyl carbamates (subject to hydrolysis) is 1. The van der Waals surface area contributed by atoms with Gasteiger partial charge in [0.15, 0.2) is 0 Å². The molecule has 0 spiro atoms. The van der Waals surface area contributed by atoms with Gasteiger partial charge < -0.3 is 10.1 Å². The first-order valence-corrected chi connectivity index (χ1v) is 6.98. The van der Waals surface area contributed by atoms with E-state index in [1.165, 1.54) is 22.4 Å². The summed E-state index contributed by atoms with van der Waals surface area (Å²) < 4.78 is 4.51. The molecule has 17 heavy (non-hydrogen) atoms. The highest BCUT2D eigenvalue weighted by Gasteiger charge is 2.04. The maximum atomic E-state index is 10.9. The van der Waals surface area contributed by atoms with Crippen LogP contribution in [0.5, 0.6) is 0 Å². The average molecular weight is 267 g/mol. The number of carbonyl (C=O) groups is 1. The molecular weight excluding hydrogens is 254 g/mol. The minimum atomic E-state index is -0.375. The normalized spacial score (nSPS) is 10.2. The van der Waals surface area contributed by atoms with Gasteiger partial charge in [-0.3, -0.25) is 0 Å². The highest BCUT2D eigenvalue weighted by atomic mass is 32.1. The molecule has 0 atom stereocenters. The fourth-order valence-electron chi connectivity index (χ4n) is 1.43. The van der Waals surface area contributed by atoms with E-state index in [1.54, 1.807) is 22.7 Å². The SMILES string of the molecule is COC(=O)NCCc1ccc(-c2ccsc2)s1. The van der Waals surface area contributed by atoms with Gasteiger partial charge in [-0.25, -0.2) is 4.79 Å².